The number of rotatable bonds is 5. The number of nitrogens with zero attached hydrogens (tertiary/aromatic N) is 1. The Morgan fingerprint density at radius 1 is 1.53 bits per heavy atom. The average molecular weight is 242 g/mol. The summed E-state index contributed by atoms with van der Waals surface area (Å²) in [5.41, 5.74) is -1.46. The lowest BCUT2D eigenvalue weighted by molar-refractivity contribution is -0.153. The maximum absolute atomic E-state index is 11.6. The minimum absolute atomic E-state index is 0.122. The van der Waals surface area contributed by atoms with Gasteiger partial charge in [-0.1, -0.05) is 13.8 Å². The third kappa shape index (κ3) is 2.57. The summed E-state index contributed by atoms with van der Waals surface area (Å²) in [5.74, 6) is -1.32. The van der Waals surface area contributed by atoms with E-state index in [1.54, 1.807) is 0 Å². The molecule has 0 radical (unpaired) electrons. The first-order valence-electron chi connectivity index (χ1n) is 5.63. The highest BCUT2D eigenvalue weighted by Gasteiger charge is 2.48. The summed E-state index contributed by atoms with van der Waals surface area (Å²) in [6, 6.07) is -0.622. The van der Waals surface area contributed by atoms with Gasteiger partial charge in [0.15, 0.2) is 0 Å². The van der Waals surface area contributed by atoms with Crippen LogP contribution in [0.5, 0.6) is 0 Å². The van der Waals surface area contributed by atoms with Gasteiger partial charge in [0.05, 0.1) is 6.54 Å². The number of carbonyl (C=O) groups excluding carboxylic acids is 2. The van der Waals surface area contributed by atoms with E-state index in [9.17, 15) is 19.5 Å². The lowest BCUT2D eigenvalue weighted by Crippen LogP contribution is -2.55. The molecule has 6 heteroatoms. The fourth-order valence-electron chi connectivity index (χ4n) is 1.81. The molecule has 0 saturated carbocycles. The van der Waals surface area contributed by atoms with Gasteiger partial charge in [-0.25, -0.2) is 14.5 Å². The smallest absolute Gasteiger partial charge is 0.329 e. The van der Waals surface area contributed by atoms with Crippen molar-refractivity contribution < 1.29 is 19.5 Å². The standard InChI is InChI=1S/C11H18N2O4/c1-7(2)4-5-11(3,9(15)16)13-8(14)6-12-10(13)17/h7H,4-6H2,1-3H3,(H,12,17)(H,15,16). The van der Waals surface area contributed by atoms with E-state index in [2.05, 4.69) is 5.32 Å². The Kier molecular flexibility index (Phi) is 3.75. The van der Waals surface area contributed by atoms with Gasteiger partial charge in [0, 0.05) is 0 Å². The SMILES string of the molecule is CC(C)CCC(C)(C(=O)O)N1C(=O)CNC1=O. The minimum Gasteiger partial charge on any atom is -0.479 e. The van der Waals surface area contributed by atoms with Crippen LogP contribution in [0, 0.1) is 5.92 Å². The molecule has 6 nitrogen and oxygen atoms in total. The number of amides is 3. The van der Waals surface area contributed by atoms with Crippen molar-refractivity contribution in [1.29, 1.82) is 0 Å². The molecule has 0 spiro atoms. The lowest BCUT2D eigenvalue weighted by atomic mass is 9.90. The van der Waals surface area contributed by atoms with Crippen molar-refractivity contribution in [3.05, 3.63) is 0 Å². The molecule has 0 aliphatic carbocycles. The highest BCUT2D eigenvalue weighted by Crippen LogP contribution is 2.26. The number of carboxylic acid groups (broad SMARTS) is 1. The van der Waals surface area contributed by atoms with E-state index >= 15 is 0 Å². The average Bonchev–Trinajstić information content (AvgIpc) is 2.55. The first kappa shape index (κ1) is 13.5. The molecule has 1 rings (SSSR count). The highest BCUT2D eigenvalue weighted by atomic mass is 16.4. The van der Waals surface area contributed by atoms with Crippen molar-refractivity contribution in [2.75, 3.05) is 6.54 Å². The zero-order valence-corrected chi connectivity index (χ0v) is 10.3. The molecule has 17 heavy (non-hydrogen) atoms. The Hall–Kier alpha value is -1.59. The number of carbonyl (C=O) groups is 3. The molecule has 1 saturated heterocycles. The van der Waals surface area contributed by atoms with Gasteiger partial charge in [0.2, 0.25) is 0 Å². The molecule has 1 fully saturated rings. The Morgan fingerprint density at radius 3 is 2.47 bits per heavy atom. The molecule has 0 aromatic rings. The summed E-state index contributed by atoms with van der Waals surface area (Å²) in [4.78, 5) is 35.2. The first-order valence-corrected chi connectivity index (χ1v) is 5.63. The third-order valence-electron chi connectivity index (χ3n) is 3.01. The second kappa shape index (κ2) is 4.73. The topological polar surface area (TPSA) is 86.7 Å². The molecule has 96 valence electrons. The van der Waals surface area contributed by atoms with E-state index in [0.717, 1.165) is 4.90 Å². The van der Waals surface area contributed by atoms with Crippen molar-refractivity contribution in [3.63, 3.8) is 0 Å². The van der Waals surface area contributed by atoms with E-state index in [0.29, 0.717) is 12.3 Å². The van der Waals surface area contributed by atoms with Crippen molar-refractivity contribution in [3.8, 4) is 0 Å². The molecular weight excluding hydrogens is 224 g/mol. The van der Waals surface area contributed by atoms with Gasteiger partial charge in [0.1, 0.15) is 5.54 Å². The van der Waals surface area contributed by atoms with Crippen LogP contribution < -0.4 is 5.32 Å². The maximum atomic E-state index is 11.6. The quantitative estimate of drug-likeness (QED) is 0.699. The number of urea groups is 1. The number of aliphatic carboxylic acids is 1. The highest BCUT2D eigenvalue weighted by molar-refractivity contribution is 6.06. The minimum atomic E-state index is -1.46. The summed E-state index contributed by atoms with van der Waals surface area (Å²) >= 11 is 0. The van der Waals surface area contributed by atoms with E-state index in [4.69, 9.17) is 0 Å². The Bertz CT molecular complexity index is 337. The van der Waals surface area contributed by atoms with Gasteiger partial charge in [-0.2, -0.15) is 0 Å². The van der Waals surface area contributed by atoms with Crippen LogP contribution in [-0.4, -0.2) is 40.0 Å². The Balaban J connectivity index is 2.94. The summed E-state index contributed by atoms with van der Waals surface area (Å²) in [5, 5.41) is 11.6. The molecule has 0 aromatic heterocycles. The second-order valence-electron chi connectivity index (χ2n) is 4.90. The molecule has 1 unspecified atom stereocenters. The van der Waals surface area contributed by atoms with Crippen molar-refractivity contribution in [2.45, 2.75) is 39.2 Å². The summed E-state index contributed by atoms with van der Waals surface area (Å²) < 4.78 is 0. The number of hydrogen-bond donors (Lipinski definition) is 2. The van der Waals surface area contributed by atoms with Crippen LogP contribution in [0.25, 0.3) is 0 Å². The maximum Gasteiger partial charge on any atom is 0.329 e. The molecule has 0 bridgehead atoms. The van der Waals surface area contributed by atoms with Crippen LogP contribution in [0.15, 0.2) is 0 Å². The fraction of sp³-hybridized carbons (Fsp3) is 0.727. The van der Waals surface area contributed by atoms with Crippen molar-refractivity contribution >= 4 is 17.9 Å². The van der Waals surface area contributed by atoms with E-state index in [1.807, 2.05) is 13.8 Å². The number of imide groups is 1. The molecule has 1 atom stereocenters. The van der Waals surface area contributed by atoms with Gasteiger partial charge in [-0.05, 0) is 25.7 Å². The van der Waals surface area contributed by atoms with Crippen LogP contribution in [0.2, 0.25) is 0 Å². The molecular formula is C11H18N2O4. The van der Waals surface area contributed by atoms with E-state index < -0.39 is 23.4 Å². The summed E-state index contributed by atoms with van der Waals surface area (Å²) in [6.07, 6.45) is 0.902. The second-order valence-corrected chi connectivity index (χ2v) is 4.90. The molecule has 0 aromatic carbocycles. The van der Waals surface area contributed by atoms with Crippen molar-refractivity contribution in [1.82, 2.24) is 10.2 Å². The number of carboxylic acids is 1. The zero-order chi connectivity index (χ0) is 13.2. The monoisotopic (exact) mass is 242 g/mol. The Morgan fingerprint density at radius 2 is 2.12 bits per heavy atom. The third-order valence-corrected chi connectivity index (χ3v) is 3.01. The largest absolute Gasteiger partial charge is 0.479 e. The van der Waals surface area contributed by atoms with Gasteiger partial charge in [0.25, 0.3) is 5.91 Å². The fourth-order valence-corrected chi connectivity index (χ4v) is 1.81. The van der Waals surface area contributed by atoms with Gasteiger partial charge >= 0.3 is 12.0 Å². The van der Waals surface area contributed by atoms with E-state index in [1.165, 1.54) is 6.92 Å². The molecule has 1 aliphatic rings. The first-order chi connectivity index (χ1) is 7.79. The predicted molar refractivity (Wildman–Crippen MR) is 60.4 cm³/mol. The van der Waals surface area contributed by atoms with Gasteiger partial charge < -0.3 is 10.4 Å². The Labute approximate surface area is 100.0 Å². The lowest BCUT2D eigenvalue weighted by Gasteiger charge is -2.32. The molecule has 1 heterocycles. The van der Waals surface area contributed by atoms with Crippen LogP contribution in [0.4, 0.5) is 4.79 Å². The van der Waals surface area contributed by atoms with Crippen LogP contribution in [-0.2, 0) is 9.59 Å². The van der Waals surface area contributed by atoms with Crippen LogP contribution >= 0.6 is 0 Å². The number of nitrogens with one attached hydrogen (secondary N) is 1. The van der Waals surface area contributed by atoms with Gasteiger partial charge in [-0.15, -0.1) is 0 Å². The molecule has 1 aliphatic heterocycles. The van der Waals surface area contributed by atoms with Gasteiger partial charge in [-0.3, -0.25) is 4.79 Å². The predicted octanol–water partition coefficient (Wildman–Crippen LogP) is 0.818. The van der Waals surface area contributed by atoms with E-state index in [-0.39, 0.29) is 13.0 Å². The molecule has 2 N–H and O–H groups in total. The van der Waals surface area contributed by atoms with Crippen LogP contribution in [0.3, 0.4) is 0 Å². The summed E-state index contributed by atoms with van der Waals surface area (Å²) in [7, 11) is 0. The number of hydrogen-bond acceptors (Lipinski definition) is 3. The van der Waals surface area contributed by atoms with Crippen LogP contribution in [0.1, 0.15) is 33.6 Å². The molecule has 3 amide bonds. The normalized spacial score (nSPS) is 19.4. The summed E-state index contributed by atoms with van der Waals surface area (Å²) in [6.45, 7) is 5.23. The zero-order valence-electron chi connectivity index (χ0n) is 10.3. The van der Waals surface area contributed by atoms with Crippen molar-refractivity contribution in [2.24, 2.45) is 5.92 Å².